The highest BCUT2D eigenvalue weighted by Gasteiger charge is 2.14. The molecule has 7 heteroatoms. The average molecular weight is 361 g/mol. The van der Waals surface area contributed by atoms with Crippen LogP contribution >= 0.6 is 27.3 Å². The zero-order chi connectivity index (χ0) is 13.9. The van der Waals surface area contributed by atoms with E-state index in [0.717, 1.165) is 15.0 Å². The van der Waals surface area contributed by atoms with Crippen LogP contribution in [0.25, 0.3) is 0 Å². The molecular formula is C12H13BrN2O2S2. The summed E-state index contributed by atoms with van der Waals surface area (Å²) in [5, 5.41) is 4.86. The van der Waals surface area contributed by atoms with Crippen molar-refractivity contribution in [3.05, 3.63) is 45.1 Å². The minimum atomic E-state index is -3.47. The molecule has 0 bridgehead atoms. The number of benzene rings is 1. The van der Waals surface area contributed by atoms with Crippen LogP contribution in [0, 0.1) is 0 Å². The van der Waals surface area contributed by atoms with Crippen LogP contribution in [0.1, 0.15) is 4.88 Å². The molecule has 0 aliphatic carbocycles. The lowest BCUT2D eigenvalue weighted by atomic mass is 10.3. The van der Waals surface area contributed by atoms with Gasteiger partial charge in [0.25, 0.3) is 0 Å². The van der Waals surface area contributed by atoms with Gasteiger partial charge in [0, 0.05) is 28.6 Å². The van der Waals surface area contributed by atoms with E-state index in [2.05, 4.69) is 26.0 Å². The zero-order valence-corrected chi connectivity index (χ0v) is 13.4. The topological polar surface area (TPSA) is 58.2 Å². The molecule has 0 unspecified atom stereocenters. The van der Waals surface area contributed by atoms with E-state index in [9.17, 15) is 8.42 Å². The highest BCUT2D eigenvalue weighted by molar-refractivity contribution is 9.10. The molecule has 1 aromatic carbocycles. The molecule has 0 saturated carbocycles. The molecule has 1 heterocycles. The number of nitrogens with one attached hydrogen (secondary N) is 2. The van der Waals surface area contributed by atoms with E-state index >= 15 is 0 Å². The molecule has 1 aromatic heterocycles. The van der Waals surface area contributed by atoms with Crippen LogP contribution in [-0.4, -0.2) is 15.5 Å². The molecule has 0 saturated heterocycles. The Morgan fingerprint density at radius 3 is 2.42 bits per heavy atom. The second kappa shape index (κ2) is 6.04. The van der Waals surface area contributed by atoms with Crippen molar-refractivity contribution in [3.63, 3.8) is 0 Å². The predicted molar refractivity (Wildman–Crippen MR) is 82.0 cm³/mol. The van der Waals surface area contributed by atoms with Crippen molar-refractivity contribution in [1.82, 2.24) is 4.72 Å². The summed E-state index contributed by atoms with van der Waals surface area (Å²) in [6.45, 7) is 0.286. The SMILES string of the molecule is CNc1ccc(S(=O)(=O)NCc2sccc2Br)cc1. The lowest BCUT2D eigenvalue weighted by Gasteiger charge is -2.07. The molecule has 102 valence electrons. The van der Waals surface area contributed by atoms with Crippen LogP contribution in [0.5, 0.6) is 0 Å². The number of thiophene rings is 1. The minimum absolute atomic E-state index is 0.263. The fourth-order valence-electron chi connectivity index (χ4n) is 1.50. The molecule has 0 radical (unpaired) electrons. The first-order valence-electron chi connectivity index (χ1n) is 5.52. The number of anilines is 1. The molecule has 2 N–H and O–H groups in total. The summed E-state index contributed by atoms with van der Waals surface area (Å²) in [4.78, 5) is 1.22. The van der Waals surface area contributed by atoms with E-state index in [0.29, 0.717) is 0 Å². The Kier molecular flexibility index (Phi) is 4.62. The third-order valence-electron chi connectivity index (χ3n) is 2.57. The van der Waals surface area contributed by atoms with Crippen LogP contribution in [0.3, 0.4) is 0 Å². The molecule has 19 heavy (non-hydrogen) atoms. The van der Waals surface area contributed by atoms with Crippen molar-refractivity contribution in [3.8, 4) is 0 Å². The van der Waals surface area contributed by atoms with E-state index in [1.165, 1.54) is 11.3 Å². The van der Waals surface area contributed by atoms with Crippen LogP contribution < -0.4 is 10.0 Å². The number of rotatable bonds is 5. The van der Waals surface area contributed by atoms with Crippen molar-refractivity contribution in [2.45, 2.75) is 11.4 Å². The first kappa shape index (κ1) is 14.5. The molecule has 0 amide bonds. The summed E-state index contributed by atoms with van der Waals surface area (Å²) in [7, 11) is -1.68. The Bertz CT molecular complexity index is 651. The average Bonchev–Trinajstić information content (AvgIpc) is 2.82. The molecule has 0 aliphatic rings. The Morgan fingerprint density at radius 2 is 1.89 bits per heavy atom. The van der Waals surface area contributed by atoms with E-state index < -0.39 is 10.0 Å². The summed E-state index contributed by atoms with van der Waals surface area (Å²) < 4.78 is 27.7. The third kappa shape index (κ3) is 3.56. The first-order valence-corrected chi connectivity index (χ1v) is 8.68. The fraction of sp³-hybridized carbons (Fsp3) is 0.167. The van der Waals surface area contributed by atoms with Gasteiger partial charge in [-0.25, -0.2) is 13.1 Å². The Balaban J connectivity index is 2.11. The molecule has 0 aliphatic heterocycles. The lowest BCUT2D eigenvalue weighted by molar-refractivity contribution is 0.582. The molecule has 0 fully saturated rings. The summed E-state index contributed by atoms with van der Waals surface area (Å²) in [6, 6.07) is 8.52. The Labute approximate surface area is 125 Å². The zero-order valence-electron chi connectivity index (χ0n) is 10.2. The predicted octanol–water partition coefficient (Wildman–Crippen LogP) is 3.03. The van der Waals surface area contributed by atoms with E-state index in [1.807, 2.05) is 11.4 Å². The number of hydrogen-bond acceptors (Lipinski definition) is 4. The highest BCUT2D eigenvalue weighted by Crippen LogP contribution is 2.23. The van der Waals surface area contributed by atoms with E-state index in [1.54, 1.807) is 31.3 Å². The van der Waals surface area contributed by atoms with Crippen molar-refractivity contribution < 1.29 is 8.42 Å². The second-order valence-corrected chi connectivity index (χ2v) is 7.41. The fourth-order valence-corrected chi connectivity index (χ4v) is 4.01. The maximum absolute atomic E-state index is 12.1. The summed E-state index contributed by atoms with van der Waals surface area (Å²) in [5.41, 5.74) is 0.875. The summed E-state index contributed by atoms with van der Waals surface area (Å²) in [5.74, 6) is 0. The van der Waals surface area contributed by atoms with Gasteiger partial charge in [0.05, 0.1) is 4.90 Å². The van der Waals surface area contributed by atoms with Gasteiger partial charge < -0.3 is 5.32 Å². The van der Waals surface area contributed by atoms with Gasteiger partial charge in [0.15, 0.2) is 0 Å². The van der Waals surface area contributed by atoms with Crippen molar-refractivity contribution in [1.29, 1.82) is 0 Å². The van der Waals surface area contributed by atoms with Gasteiger partial charge in [0.2, 0.25) is 10.0 Å². The number of sulfonamides is 1. The van der Waals surface area contributed by atoms with Gasteiger partial charge in [-0.3, -0.25) is 0 Å². The smallest absolute Gasteiger partial charge is 0.240 e. The second-order valence-electron chi connectivity index (χ2n) is 3.79. The van der Waals surface area contributed by atoms with Crippen LogP contribution in [0.2, 0.25) is 0 Å². The van der Waals surface area contributed by atoms with Crippen LogP contribution in [-0.2, 0) is 16.6 Å². The quantitative estimate of drug-likeness (QED) is 0.861. The van der Waals surface area contributed by atoms with Gasteiger partial charge in [-0.2, -0.15) is 0 Å². The Hall–Kier alpha value is -0.890. The molecule has 0 atom stereocenters. The number of hydrogen-bond donors (Lipinski definition) is 2. The molecular weight excluding hydrogens is 348 g/mol. The van der Waals surface area contributed by atoms with E-state index in [-0.39, 0.29) is 11.4 Å². The summed E-state index contributed by atoms with van der Waals surface area (Å²) in [6.07, 6.45) is 0. The molecule has 2 rings (SSSR count). The van der Waals surface area contributed by atoms with Gasteiger partial charge in [-0.05, 0) is 51.6 Å². The highest BCUT2D eigenvalue weighted by atomic mass is 79.9. The third-order valence-corrected chi connectivity index (χ3v) is 5.91. The van der Waals surface area contributed by atoms with Crippen LogP contribution in [0.4, 0.5) is 5.69 Å². The first-order chi connectivity index (χ1) is 9.03. The normalized spacial score (nSPS) is 11.5. The number of halogens is 1. The lowest BCUT2D eigenvalue weighted by Crippen LogP contribution is -2.22. The van der Waals surface area contributed by atoms with E-state index in [4.69, 9.17) is 0 Å². The largest absolute Gasteiger partial charge is 0.388 e. The van der Waals surface area contributed by atoms with Gasteiger partial charge in [-0.15, -0.1) is 11.3 Å². The van der Waals surface area contributed by atoms with Crippen molar-refractivity contribution in [2.24, 2.45) is 0 Å². The standard InChI is InChI=1S/C12H13BrN2O2S2/c1-14-9-2-4-10(5-3-9)19(16,17)15-8-12-11(13)6-7-18-12/h2-7,14-15H,8H2,1H3. The summed E-state index contributed by atoms with van der Waals surface area (Å²) >= 11 is 4.88. The minimum Gasteiger partial charge on any atom is -0.388 e. The Morgan fingerprint density at radius 1 is 1.21 bits per heavy atom. The molecule has 2 aromatic rings. The maximum atomic E-state index is 12.1. The molecule has 4 nitrogen and oxygen atoms in total. The van der Waals surface area contributed by atoms with Gasteiger partial charge in [0.1, 0.15) is 0 Å². The van der Waals surface area contributed by atoms with Crippen molar-refractivity contribution >= 4 is 43.0 Å². The monoisotopic (exact) mass is 360 g/mol. The van der Waals surface area contributed by atoms with Crippen LogP contribution in [0.15, 0.2) is 45.1 Å². The van der Waals surface area contributed by atoms with Gasteiger partial charge in [-0.1, -0.05) is 0 Å². The van der Waals surface area contributed by atoms with Gasteiger partial charge >= 0.3 is 0 Å². The maximum Gasteiger partial charge on any atom is 0.240 e. The molecule has 0 spiro atoms. The van der Waals surface area contributed by atoms with Crippen molar-refractivity contribution in [2.75, 3.05) is 12.4 Å².